The smallest absolute Gasteiger partial charge is 0.271 e. The number of nitrogens with zero attached hydrogens (tertiary/aromatic N) is 2. The van der Waals surface area contributed by atoms with E-state index < -0.39 is 14.9 Å². The van der Waals surface area contributed by atoms with E-state index in [4.69, 9.17) is 9.47 Å². The lowest BCUT2D eigenvalue weighted by Crippen LogP contribution is -2.28. The van der Waals surface area contributed by atoms with Crippen LogP contribution in [0.3, 0.4) is 0 Å². The van der Waals surface area contributed by atoms with Crippen molar-refractivity contribution in [2.75, 3.05) is 32.0 Å². The van der Waals surface area contributed by atoms with Crippen molar-refractivity contribution in [3.8, 4) is 11.5 Å². The molecule has 1 aliphatic rings. The molecule has 0 saturated carbocycles. The van der Waals surface area contributed by atoms with Gasteiger partial charge in [0.15, 0.2) is 0 Å². The number of non-ortho nitro benzene ring substituents is 1. The first-order chi connectivity index (χ1) is 14.3. The number of anilines is 1. The first-order valence-corrected chi connectivity index (χ1v) is 10.6. The Balaban J connectivity index is 1.98. The number of nitro benzene ring substituents is 1. The van der Waals surface area contributed by atoms with E-state index in [2.05, 4.69) is 4.72 Å². The fourth-order valence-electron chi connectivity index (χ4n) is 3.20. The predicted molar refractivity (Wildman–Crippen MR) is 109 cm³/mol. The highest BCUT2D eigenvalue weighted by Gasteiger charge is 2.26. The summed E-state index contributed by atoms with van der Waals surface area (Å²) in [6, 6.07) is 7.51. The number of nitro groups is 1. The van der Waals surface area contributed by atoms with Crippen molar-refractivity contribution < 1.29 is 27.6 Å². The first-order valence-electron chi connectivity index (χ1n) is 9.09. The van der Waals surface area contributed by atoms with Crippen molar-refractivity contribution in [1.29, 1.82) is 0 Å². The molecule has 0 aromatic heterocycles. The van der Waals surface area contributed by atoms with Gasteiger partial charge in [0.1, 0.15) is 11.5 Å². The minimum absolute atomic E-state index is 0.0880. The summed E-state index contributed by atoms with van der Waals surface area (Å²) in [7, 11) is -1.45. The fourth-order valence-corrected chi connectivity index (χ4v) is 4.29. The molecule has 0 radical (unpaired) electrons. The van der Waals surface area contributed by atoms with Crippen LogP contribution in [-0.2, 0) is 10.0 Å². The summed E-state index contributed by atoms with van der Waals surface area (Å²) >= 11 is 0. The van der Waals surface area contributed by atoms with Gasteiger partial charge in [-0.3, -0.25) is 19.6 Å². The highest BCUT2D eigenvalue weighted by Crippen LogP contribution is 2.32. The van der Waals surface area contributed by atoms with Gasteiger partial charge in [0.25, 0.3) is 21.6 Å². The number of carbonyl (C=O) groups excluding carboxylic acids is 1. The Bertz CT molecular complexity index is 1080. The number of hydrogen-bond acceptors (Lipinski definition) is 7. The number of ether oxygens (including phenoxy) is 2. The van der Waals surface area contributed by atoms with Gasteiger partial charge in [-0.2, -0.15) is 0 Å². The molecule has 0 spiro atoms. The zero-order valence-corrected chi connectivity index (χ0v) is 17.3. The van der Waals surface area contributed by atoms with E-state index in [0.717, 1.165) is 18.9 Å². The Morgan fingerprint density at radius 1 is 1.07 bits per heavy atom. The van der Waals surface area contributed by atoms with Crippen LogP contribution in [0.5, 0.6) is 11.5 Å². The van der Waals surface area contributed by atoms with Gasteiger partial charge in [-0.05, 0) is 37.1 Å². The summed E-state index contributed by atoms with van der Waals surface area (Å²) in [4.78, 5) is 24.7. The molecule has 0 bridgehead atoms. The second kappa shape index (κ2) is 8.57. The molecule has 0 unspecified atom stereocenters. The molecular formula is C19H21N3O7S. The number of benzene rings is 2. The number of rotatable bonds is 7. The van der Waals surface area contributed by atoms with Crippen LogP contribution in [-0.4, -0.2) is 51.5 Å². The first kappa shape index (κ1) is 21.4. The van der Waals surface area contributed by atoms with Crippen molar-refractivity contribution in [2.24, 2.45) is 0 Å². The third kappa shape index (κ3) is 4.30. The normalized spacial score (nSPS) is 13.7. The molecule has 1 amide bonds. The van der Waals surface area contributed by atoms with Gasteiger partial charge in [0, 0.05) is 25.2 Å². The third-order valence-corrected chi connectivity index (χ3v) is 6.11. The van der Waals surface area contributed by atoms with Crippen LogP contribution >= 0.6 is 0 Å². The van der Waals surface area contributed by atoms with Crippen molar-refractivity contribution >= 4 is 27.3 Å². The van der Waals surface area contributed by atoms with Gasteiger partial charge in [0.2, 0.25) is 0 Å². The number of hydrogen-bond donors (Lipinski definition) is 1. The van der Waals surface area contributed by atoms with Crippen molar-refractivity contribution in [3.63, 3.8) is 0 Å². The molecule has 2 aromatic rings. The number of amides is 1. The Hall–Kier alpha value is -3.34. The molecule has 1 heterocycles. The molecule has 1 N–H and O–H groups in total. The number of methoxy groups -OCH3 is 2. The average molecular weight is 435 g/mol. The quantitative estimate of drug-likeness (QED) is 0.523. The molecule has 30 heavy (non-hydrogen) atoms. The molecule has 2 aromatic carbocycles. The van der Waals surface area contributed by atoms with Crippen molar-refractivity contribution in [3.05, 3.63) is 52.1 Å². The number of nitrogens with one attached hydrogen (secondary N) is 1. The fraction of sp³-hybridized carbons (Fsp3) is 0.316. The van der Waals surface area contributed by atoms with E-state index in [9.17, 15) is 23.3 Å². The maximum Gasteiger partial charge on any atom is 0.271 e. The maximum absolute atomic E-state index is 12.9. The topological polar surface area (TPSA) is 128 Å². The van der Waals surface area contributed by atoms with Crippen LogP contribution in [0, 0.1) is 10.1 Å². The minimum atomic E-state index is -4.17. The summed E-state index contributed by atoms with van der Waals surface area (Å²) in [5.41, 5.74) is -0.253. The van der Waals surface area contributed by atoms with E-state index in [1.54, 1.807) is 4.90 Å². The zero-order valence-electron chi connectivity index (χ0n) is 16.5. The zero-order chi connectivity index (χ0) is 21.9. The Morgan fingerprint density at radius 3 is 2.30 bits per heavy atom. The minimum Gasteiger partial charge on any atom is -0.496 e. The van der Waals surface area contributed by atoms with Crippen molar-refractivity contribution in [1.82, 2.24) is 4.90 Å². The molecule has 11 heteroatoms. The predicted octanol–water partition coefficient (Wildman–Crippen LogP) is 2.65. The van der Waals surface area contributed by atoms with E-state index in [-0.39, 0.29) is 39.2 Å². The Kier molecular flexibility index (Phi) is 6.11. The van der Waals surface area contributed by atoms with Gasteiger partial charge in [-0.15, -0.1) is 0 Å². The Labute approximate surface area is 173 Å². The molecule has 10 nitrogen and oxygen atoms in total. The summed E-state index contributed by atoms with van der Waals surface area (Å²) < 4.78 is 38.5. The van der Waals surface area contributed by atoms with Gasteiger partial charge in [-0.1, -0.05) is 0 Å². The van der Waals surface area contributed by atoms with Gasteiger partial charge in [0.05, 0.1) is 35.3 Å². The lowest BCUT2D eigenvalue weighted by molar-refractivity contribution is -0.384. The molecule has 1 aliphatic heterocycles. The highest BCUT2D eigenvalue weighted by atomic mass is 32.2. The Morgan fingerprint density at radius 2 is 1.70 bits per heavy atom. The van der Waals surface area contributed by atoms with Crippen LogP contribution in [0.4, 0.5) is 11.4 Å². The lowest BCUT2D eigenvalue weighted by Gasteiger charge is -2.18. The lowest BCUT2D eigenvalue weighted by atomic mass is 10.1. The largest absolute Gasteiger partial charge is 0.496 e. The second-order valence-corrected chi connectivity index (χ2v) is 8.29. The monoisotopic (exact) mass is 435 g/mol. The highest BCUT2D eigenvalue weighted by molar-refractivity contribution is 7.92. The van der Waals surface area contributed by atoms with Crippen molar-refractivity contribution in [2.45, 2.75) is 17.7 Å². The second-order valence-electron chi connectivity index (χ2n) is 6.61. The molecule has 160 valence electrons. The van der Waals surface area contributed by atoms with Crippen LogP contribution < -0.4 is 14.2 Å². The molecule has 0 aliphatic carbocycles. The van der Waals surface area contributed by atoms with Crippen LogP contribution in [0.1, 0.15) is 23.2 Å². The number of carbonyl (C=O) groups is 1. The molecule has 1 fully saturated rings. The summed E-state index contributed by atoms with van der Waals surface area (Å²) in [6.45, 7) is 1.20. The summed E-state index contributed by atoms with van der Waals surface area (Å²) in [6.07, 6.45) is 1.78. The van der Waals surface area contributed by atoms with Gasteiger partial charge < -0.3 is 14.4 Å². The van der Waals surface area contributed by atoms with E-state index >= 15 is 0 Å². The number of sulfonamides is 1. The van der Waals surface area contributed by atoms with Crippen LogP contribution in [0.15, 0.2) is 41.3 Å². The maximum atomic E-state index is 12.9. The molecule has 1 saturated heterocycles. The van der Waals surface area contributed by atoms with E-state index in [0.29, 0.717) is 13.1 Å². The average Bonchev–Trinajstić information content (AvgIpc) is 3.27. The third-order valence-electron chi connectivity index (χ3n) is 4.74. The molecular weight excluding hydrogens is 414 g/mol. The van der Waals surface area contributed by atoms with E-state index in [1.807, 2.05) is 0 Å². The number of likely N-dealkylation sites (tertiary alicyclic amines) is 1. The van der Waals surface area contributed by atoms with E-state index in [1.165, 1.54) is 44.6 Å². The molecule has 3 rings (SSSR count). The summed E-state index contributed by atoms with van der Waals surface area (Å²) in [5, 5.41) is 11.0. The SMILES string of the molecule is COc1ccc([N+](=O)[O-])cc1NS(=O)(=O)c1ccc(OC)c(C(=O)N2CCCC2)c1. The van der Waals surface area contributed by atoms with Crippen LogP contribution in [0.25, 0.3) is 0 Å². The standard InChI is InChI=1S/C19H21N3O7S/c1-28-17-8-6-14(12-15(17)19(23)21-9-3-4-10-21)30(26,27)20-16-11-13(22(24)25)5-7-18(16)29-2/h5-8,11-12,20H,3-4,9-10H2,1-2H3. The molecule has 0 atom stereocenters. The summed E-state index contributed by atoms with van der Waals surface area (Å²) in [5.74, 6) is 0.0687. The van der Waals surface area contributed by atoms with Gasteiger partial charge >= 0.3 is 0 Å². The van der Waals surface area contributed by atoms with Crippen LogP contribution in [0.2, 0.25) is 0 Å². The van der Waals surface area contributed by atoms with Gasteiger partial charge in [-0.25, -0.2) is 8.42 Å².